The lowest BCUT2D eigenvalue weighted by Gasteiger charge is -2.34. The molecule has 2 N–H and O–H groups in total. The van der Waals surface area contributed by atoms with E-state index in [1.54, 1.807) is 6.07 Å². The molecule has 0 amide bonds. The smallest absolute Gasteiger partial charge is 0.343 e. The zero-order valence-electron chi connectivity index (χ0n) is 13.5. The van der Waals surface area contributed by atoms with Crippen molar-refractivity contribution in [2.45, 2.75) is 12.0 Å². The second kappa shape index (κ2) is 6.70. The molecule has 3 atom stereocenters. The lowest BCUT2D eigenvalue weighted by molar-refractivity contribution is -0.883. The number of aromatic hydroxyl groups is 1. The van der Waals surface area contributed by atoms with E-state index in [0.717, 1.165) is 35.2 Å². The number of rotatable bonds is 3. The SMILES string of the molecule is O=C(OC1(c2ccccc2)C[NH+]2CCC1C2)c1cc(I)cc(I)c1O. The summed E-state index contributed by atoms with van der Waals surface area (Å²) in [5.41, 5.74) is 0.715. The number of nitrogens with one attached hydrogen (secondary N) is 1. The van der Waals surface area contributed by atoms with Crippen LogP contribution in [0.1, 0.15) is 22.3 Å². The third kappa shape index (κ3) is 3.06. The topological polar surface area (TPSA) is 51.0 Å². The molecule has 2 saturated heterocycles. The minimum absolute atomic E-state index is 0.00466. The monoisotopic (exact) mass is 562 g/mol. The number of fused-ring (bicyclic) bond motifs is 2. The zero-order chi connectivity index (χ0) is 17.6. The Labute approximate surface area is 173 Å². The highest BCUT2D eigenvalue weighted by atomic mass is 127. The first-order valence-corrected chi connectivity index (χ1v) is 10.5. The summed E-state index contributed by atoms with van der Waals surface area (Å²) >= 11 is 4.19. The number of quaternary nitrogens is 1. The summed E-state index contributed by atoms with van der Waals surface area (Å²) in [4.78, 5) is 14.5. The third-order valence-electron chi connectivity index (χ3n) is 5.34. The van der Waals surface area contributed by atoms with Crippen LogP contribution in [0.2, 0.25) is 0 Å². The second-order valence-electron chi connectivity index (χ2n) is 6.80. The van der Waals surface area contributed by atoms with Crippen LogP contribution in [0.4, 0.5) is 0 Å². The summed E-state index contributed by atoms with van der Waals surface area (Å²) in [6.07, 6.45) is 1.06. The van der Waals surface area contributed by atoms with Crippen LogP contribution in [0.25, 0.3) is 0 Å². The first-order chi connectivity index (χ1) is 12.0. The van der Waals surface area contributed by atoms with Crippen LogP contribution >= 0.6 is 45.2 Å². The summed E-state index contributed by atoms with van der Waals surface area (Å²) in [7, 11) is 0. The molecule has 0 aliphatic carbocycles. The molecule has 2 aliphatic rings. The van der Waals surface area contributed by atoms with E-state index in [2.05, 4.69) is 22.6 Å². The lowest BCUT2D eigenvalue weighted by Crippen LogP contribution is -3.09. The highest BCUT2D eigenvalue weighted by molar-refractivity contribution is 14.1. The average molecular weight is 562 g/mol. The number of phenolic OH excluding ortho intramolecular Hbond substituents is 1. The molecule has 2 fully saturated rings. The Bertz CT molecular complexity index is 827. The molecule has 2 aromatic rings. The predicted octanol–water partition coefficient (Wildman–Crippen LogP) is 2.57. The maximum Gasteiger partial charge on any atom is 0.343 e. The van der Waals surface area contributed by atoms with Gasteiger partial charge in [-0.25, -0.2) is 4.79 Å². The Kier molecular flexibility index (Phi) is 4.70. The van der Waals surface area contributed by atoms with E-state index in [1.807, 2.05) is 59.0 Å². The second-order valence-corrected chi connectivity index (χ2v) is 9.20. The Morgan fingerprint density at radius 2 is 2.00 bits per heavy atom. The Morgan fingerprint density at radius 1 is 1.24 bits per heavy atom. The largest absolute Gasteiger partial charge is 0.506 e. The fourth-order valence-electron chi connectivity index (χ4n) is 4.18. The van der Waals surface area contributed by atoms with Gasteiger partial charge in [0.1, 0.15) is 17.9 Å². The van der Waals surface area contributed by atoms with Gasteiger partial charge in [-0.05, 0) is 57.3 Å². The minimum atomic E-state index is -0.592. The van der Waals surface area contributed by atoms with Gasteiger partial charge < -0.3 is 14.7 Å². The molecule has 2 aliphatic heterocycles. The first kappa shape index (κ1) is 17.5. The lowest BCUT2D eigenvalue weighted by atomic mass is 9.81. The molecule has 4 nitrogen and oxygen atoms in total. The Morgan fingerprint density at radius 3 is 2.64 bits per heavy atom. The molecule has 130 valence electrons. The summed E-state index contributed by atoms with van der Waals surface area (Å²) < 4.78 is 7.73. The van der Waals surface area contributed by atoms with Crippen LogP contribution in [0.15, 0.2) is 42.5 Å². The molecular formula is C19H18I2NO3+. The number of piperidine rings is 1. The third-order valence-corrected chi connectivity index (χ3v) is 6.78. The van der Waals surface area contributed by atoms with Crippen LogP contribution < -0.4 is 4.90 Å². The molecule has 25 heavy (non-hydrogen) atoms. The van der Waals surface area contributed by atoms with Gasteiger partial charge in [-0.15, -0.1) is 0 Å². The quantitative estimate of drug-likeness (QED) is 0.447. The van der Waals surface area contributed by atoms with Crippen molar-refractivity contribution in [2.24, 2.45) is 5.92 Å². The molecule has 0 spiro atoms. The number of carbonyl (C=O) groups excluding carboxylic acids is 1. The van der Waals surface area contributed by atoms with Crippen molar-refractivity contribution in [2.75, 3.05) is 19.6 Å². The fraction of sp³-hybridized carbons (Fsp3) is 0.316. The maximum atomic E-state index is 13.0. The van der Waals surface area contributed by atoms with Crippen molar-refractivity contribution in [1.29, 1.82) is 0 Å². The molecule has 2 heterocycles. The van der Waals surface area contributed by atoms with Crippen LogP contribution in [-0.4, -0.2) is 30.7 Å². The minimum Gasteiger partial charge on any atom is -0.506 e. The summed E-state index contributed by atoms with van der Waals surface area (Å²) in [5.74, 6) is -0.103. The van der Waals surface area contributed by atoms with Crippen molar-refractivity contribution in [3.05, 3.63) is 60.7 Å². The van der Waals surface area contributed by atoms with Crippen molar-refractivity contribution in [1.82, 2.24) is 0 Å². The number of halogens is 2. The van der Waals surface area contributed by atoms with Gasteiger partial charge in [0.15, 0.2) is 5.60 Å². The molecule has 0 aromatic heterocycles. The van der Waals surface area contributed by atoms with Gasteiger partial charge in [0.2, 0.25) is 0 Å². The molecule has 2 aromatic carbocycles. The number of phenols is 1. The summed E-state index contributed by atoms with van der Waals surface area (Å²) in [6.45, 7) is 2.98. The Hall–Kier alpha value is -0.870. The molecule has 0 radical (unpaired) electrons. The number of ether oxygens (including phenoxy) is 1. The fourth-order valence-corrected chi connectivity index (χ4v) is 6.03. The van der Waals surface area contributed by atoms with E-state index in [0.29, 0.717) is 9.49 Å². The molecule has 3 unspecified atom stereocenters. The highest BCUT2D eigenvalue weighted by Crippen LogP contribution is 2.41. The van der Waals surface area contributed by atoms with Crippen LogP contribution in [0.5, 0.6) is 5.75 Å². The van der Waals surface area contributed by atoms with Crippen molar-refractivity contribution >= 4 is 51.2 Å². The normalized spacial score (nSPS) is 27.4. The van der Waals surface area contributed by atoms with Gasteiger partial charge in [0.05, 0.1) is 22.6 Å². The number of esters is 1. The molecule has 4 rings (SSSR count). The van der Waals surface area contributed by atoms with Gasteiger partial charge in [-0.3, -0.25) is 0 Å². The first-order valence-electron chi connectivity index (χ1n) is 8.30. The molecule has 6 heteroatoms. The van der Waals surface area contributed by atoms with E-state index in [-0.39, 0.29) is 11.3 Å². The predicted molar refractivity (Wildman–Crippen MR) is 111 cm³/mol. The van der Waals surface area contributed by atoms with E-state index < -0.39 is 11.6 Å². The molecule has 2 bridgehead atoms. The van der Waals surface area contributed by atoms with E-state index in [9.17, 15) is 9.90 Å². The van der Waals surface area contributed by atoms with Crippen molar-refractivity contribution in [3.63, 3.8) is 0 Å². The van der Waals surface area contributed by atoms with Gasteiger partial charge in [0.25, 0.3) is 0 Å². The molecule has 0 saturated carbocycles. The van der Waals surface area contributed by atoms with Gasteiger partial charge >= 0.3 is 5.97 Å². The number of hydrogen-bond acceptors (Lipinski definition) is 3. The number of benzene rings is 2. The summed E-state index contributed by atoms with van der Waals surface area (Å²) in [5, 5.41) is 10.3. The van der Waals surface area contributed by atoms with Gasteiger partial charge in [-0.2, -0.15) is 0 Å². The van der Waals surface area contributed by atoms with E-state index >= 15 is 0 Å². The van der Waals surface area contributed by atoms with E-state index in [4.69, 9.17) is 4.74 Å². The highest BCUT2D eigenvalue weighted by Gasteiger charge is 2.58. The van der Waals surface area contributed by atoms with Gasteiger partial charge in [-0.1, -0.05) is 30.3 Å². The van der Waals surface area contributed by atoms with Crippen LogP contribution in [0, 0.1) is 13.1 Å². The maximum absolute atomic E-state index is 13.0. The number of carbonyl (C=O) groups is 1. The number of hydrogen-bond donors (Lipinski definition) is 2. The van der Waals surface area contributed by atoms with Crippen LogP contribution in [-0.2, 0) is 10.3 Å². The standard InChI is InChI=1S/C19H17I2NO3/c20-14-8-15(17(23)16(21)9-14)18(24)25-19(12-4-2-1-3-5-12)11-22-7-6-13(19)10-22/h1-5,8-9,13,23H,6-7,10-11H2/p+1. The van der Waals surface area contributed by atoms with Crippen molar-refractivity contribution < 1.29 is 19.5 Å². The van der Waals surface area contributed by atoms with Crippen molar-refractivity contribution in [3.8, 4) is 5.75 Å². The molecular weight excluding hydrogens is 544 g/mol. The Balaban J connectivity index is 1.72. The van der Waals surface area contributed by atoms with Gasteiger partial charge in [0, 0.05) is 15.6 Å². The zero-order valence-corrected chi connectivity index (χ0v) is 17.8. The van der Waals surface area contributed by atoms with E-state index in [1.165, 1.54) is 4.90 Å². The summed E-state index contributed by atoms with van der Waals surface area (Å²) in [6, 6.07) is 13.6. The van der Waals surface area contributed by atoms with Crippen LogP contribution in [0.3, 0.4) is 0 Å². The average Bonchev–Trinajstić information content (AvgIpc) is 3.20.